The summed E-state index contributed by atoms with van der Waals surface area (Å²) in [5, 5.41) is 0. The molecule has 0 spiro atoms. The van der Waals surface area contributed by atoms with Crippen LogP contribution in [0.4, 0.5) is 5.69 Å². The number of benzene rings is 5. The van der Waals surface area contributed by atoms with Gasteiger partial charge in [0.05, 0.1) is 11.1 Å². The predicted octanol–water partition coefficient (Wildman–Crippen LogP) is 8.38. The van der Waals surface area contributed by atoms with Crippen LogP contribution in [0.15, 0.2) is 109 Å². The number of anilines is 1. The van der Waals surface area contributed by atoms with Crippen molar-refractivity contribution in [2.45, 2.75) is 26.2 Å². The van der Waals surface area contributed by atoms with Crippen LogP contribution in [-0.4, -0.2) is 50.4 Å². The SMILES string of the molecule is Cc1cccc(N(C)C(=O)c2ccc(-c3ccc(C(C)(C)c4ccc(Oc5ccc(C=O)c(C(=O)N(C)C)c5)cc4)cc3)cc2C=O)c1. The molecular weight excluding hydrogens is 600 g/mol. The van der Waals surface area contributed by atoms with Crippen molar-refractivity contribution in [3.8, 4) is 22.6 Å². The Bertz CT molecular complexity index is 1990. The number of amides is 2. The van der Waals surface area contributed by atoms with Gasteiger partial charge in [-0.15, -0.1) is 0 Å². The summed E-state index contributed by atoms with van der Waals surface area (Å²) in [5.41, 5.74) is 6.69. The predicted molar refractivity (Wildman–Crippen MR) is 190 cm³/mol. The maximum Gasteiger partial charge on any atom is 0.258 e. The van der Waals surface area contributed by atoms with E-state index < -0.39 is 0 Å². The zero-order chi connectivity index (χ0) is 34.6. The molecule has 5 rings (SSSR count). The number of ether oxygens (including phenoxy) is 1. The minimum absolute atomic E-state index is 0.247. The second-order valence-corrected chi connectivity index (χ2v) is 12.5. The number of hydrogen-bond acceptors (Lipinski definition) is 5. The van der Waals surface area contributed by atoms with Crippen LogP contribution in [0, 0.1) is 6.92 Å². The van der Waals surface area contributed by atoms with E-state index >= 15 is 0 Å². The lowest BCUT2D eigenvalue weighted by atomic mass is 9.78. The molecule has 0 aliphatic carbocycles. The van der Waals surface area contributed by atoms with Gasteiger partial charge in [-0.05, 0) is 89.3 Å². The minimum Gasteiger partial charge on any atom is -0.457 e. The summed E-state index contributed by atoms with van der Waals surface area (Å²) in [4.78, 5) is 52.4. The Morgan fingerprint density at radius 2 is 1.23 bits per heavy atom. The van der Waals surface area contributed by atoms with Gasteiger partial charge in [-0.25, -0.2) is 0 Å². The Morgan fingerprint density at radius 3 is 1.83 bits per heavy atom. The van der Waals surface area contributed by atoms with E-state index in [9.17, 15) is 19.2 Å². The van der Waals surface area contributed by atoms with Crippen LogP contribution in [0.1, 0.15) is 72.0 Å². The molecule has 2 amide bonds. The van der Waals surface area contributed by atoms with Crippen LogP contribution in [0.2, 0.25) is 0 Å². The first-order chi connectivity index (χ1) is 22.9. The summed E-state index contributed by atoms with van der Waals surface area (Å²) in [6, 6.07) is 33.8. The van der Waals surface area contributed by atoms with Crippen LogP contribution in [0.25, 0.3) is 11.1 Å². The number of carbonyl (C=O) groups is 4. The standard InChI is InChI=1S/C41H38N2O5/c1-27-8-7-9-34(22-27)43(6)40(47)37-21-13-29(23-31(37)26-45)28-10-14-32(15-11-28)41(2,3)33-16-19-35(20-17-33)48-36-18-12-30(25-44)38(24-36)39(46)42(4)5/h7-26H,1-6H3. The van der Waals surface area contributed by atoms with E-state index in [0.29, 0.717) is 34.5 Å². The van der Waals surface area contributed by atoms with Crippen molar-refractivity contribution in [2.75, 3.05) is 26.0 Å². The molecule has 0 N–H and O–H groups in total. The largest absolute Gasteiger partial charge is 0.457 e. The van der Waals surface area contributed by atoms with E-state index in [0.717, 1.165) is 39.8 Å². The number of aldehydes is 2. The van der Waals surface area contributed by atoms with Crippen LogP contribution in [-0.2, 0) is 5.41 Å². The van der Waals surface area contributed by atoms with Crippen molar-refractivity contribution in [1.82, 2.24) is 4.90 Å². The molecule has 0 radical (unpaired) electrons. The maximum absolute atomic E-state index is 13.3. The molecule has 0 saturated carbocycles. The summed E-state index contributed by atoms with van der Waals surface area (Å²) in [6.07, 6.45) is 1.39. The molecule has 242 valence electrons. The van der Waals surface area contributed by atoms with Crippen LogP contribution in [0.5, 0.6) is 11.5 Å². The van der Waals surface area contributed by atoms with Crippen molar-refractivity contribution in [1.29, 1.82) is 0 Å². The normalized spacial score (nSPS) is 11.0. The number of nitrogens with zero attached hydrogens (tertiary/aromatic N) is 2. The summed E-state index contributed by atoms with van der Waals surface area (Å²) < 4.78 is 6.03. The average Bonchev–Trinajstić information content (AvgIpc) is 3.10. The van der Waals surface area contributed by atoms with E-state index in [1.807, 2.05) is 73.7 Å². The first-order valence-corrected chi connectivity index (χ1v) is 15.6. The third kappa shape index (κ3) is 6.95. The Kier molecular flexibility index (Phi) is 9.71. The Labute approximate surface area is 281 Å². The molecule has 5 aromatic carbocycles. The minimum atomic E-state index is -0.335. The van der Waals surface area contributed by atoms with Crippen LogP contribution >= 0.6 is 0 Å². The highest BCUT2D eigenvalue weighted by molar-refractivity contribution is 6.10. The third-order valence-electron chi connectivity index (χ3n) is 8.64. The fraction of sp³-hybridized carbons (Fsp3) is 0.171. The number of carbonyl (C=O) groups excluding carboxylic acids is 4. The van der Waals surface area contributed by atoms with Gasteiger partial charge in [0.2, 0.25) is 0 Å². The summed E-state index contributed by atoms with van der Waals surface area (Å²) in [7, 11) is 4.98. The summed E-state index contributed by atoms with van der Waals surface area (Å²) in [6.45, 7) is 6.26. The lowest BCUT2D eigenvalue weighted by molar-refractivity contribution is 0.0823. The van der Waals surface area contributed by atoms with E-state index in [1.165, 1.54) is 4.90 Å². The molecule has 0 atom stereocenters. The van der Waals surface area contributed by atoms with Gasteiger partial charge in [-0.2, -0.15) is 0 Å². The molecule has 7 nitrogen and oxygen atoms in total. The Morgan fingerprint density at radius 1 is 0.625 bits per heavy atom. The number of aryl methyl sites for hydroxylation is 1. The van der Waals surface area contributed by atoms with Gasteiger partial charge in [0, 0.05) is 43.4 Å². The third-order valence-corrected chi connectivity index (χ3v) is 8.64. The van der Waals surface area contributed by atoms with Gasteiger partial charge in [-0.1, -0.05) is 68.4 Å². The molecule has 7 heteroatoms. The van der Waals surface area contributed by atoms with Gasteiger partial charge in [0.25, 0.3) is 11.8 Å². The van der Waals surface area contributed by atoms with Gasteiger partial charge in [0.15, 0.2) is 12.6 Å². The van der Waals surface area contributed by atoms with E-state index in [-0.39, 0.29) is 22.8 Å². The zero-order valence-electron chi connectivity index (χ0n) is 28.0. The van der Waals surface area contributed by atoms with E-state index in [2.05, 4.69) is 26.0 Å². The smallest absolute Gasteiger partial charge is 0.258 e. The summed E-state index contributed by atoms with van der Waals surface area (Å²) in [5.74, 6) is 0.540. The van der Waals surface area contributed by atoms with Crippen LogP contribution < -0.4 is 9.64 Å². The molecule has 5 aromatic rings. The van der Waals surface area contributed by atoms with Crippen molar-refractivity contribution in [2.24, 2.45) is 0 Å². The zero-order valence-corrected chi connectivity index (χ0v) is 28.0. The fourth-order valence-corrected chi connectivity index (χ4v) is 5.62. The van der Waals surface area contributed by atoms with Gasteiger partial charge >= 0.3 is 0 Å². The first kappa shape index (κ1) is 33.5. The Balaban J connectivity index is 1.32. The molecule has 0 unspecified atom stereocenters. The molecule has 0 aliphatic rings. The van der Waals surface area contributed by atoms with Crippen molar-refractivity contribution in [3.63, 3.8) is 0 Å². The molecule has 0 saturated heterocycles. The molecule has 48 heavy (non-hydrogen) atoms. The summed E-state index contributed by atoms with van der Waals surface area (Å²) >= 11 is 0. The number of rotatable bonds is 10. The van der Waals surface area contributed by atoms with Gasteiger partial charge in [-0.3, -0.25) is 19.2 Å². The van der Waals surface area contributed by atoms with Crippen molar-refractivity contribution < 1.29 is 23.9 Å². The molecule has 0 aromatic heterocycles. The molecule has 0 fully saturated rings. The lowest BCUT2D eigenvalue weighted by Crippen LogP contribution is -2.27. The van der Waals surface area contributed by atoms with Gasteiger partial charge in [0.1, 0.15) is 11.5 Å². The van der Waals surface area contributed by atoms with E-state index in [4.69, 9.17) is 4.74 Å². The molecular formula is C41H38N2O5. The second kappa shape index (κ2) is 13.9. The lowest BCUT2D eigenvalue weighted by Gasteiger charge is -2.26. The molecule has 0 heterocycles. The van der Waals surface area contributed by atoms with Crippen LogP contribution in [0.3, 0.4) is 0 Å². The van der Waals surface area contributed by atoms with Crippen molar-refractivity contribution >= 4 is 30.1 Å². The number of hydrogen-bond donors (Lipinski definition) is 0. The maximum atomic E-state index is 13.3. The first-order valence-electron chi connectivity index (χ1n) is 15.6. The molecule has 0 bridgehead atoms. The fourth-order valence-electron chi connectivity index (χ4n) is 5.62. The topological polar surface area (TPSA) is 84.0 Å². The molecule has 0 aliphatic heterocycles. The average molecular weight is 639 g/mol. The van der Waals surface area contributed by atoms with Gasteiger partial charge < -0.3 is 14.5 Å². The Hall–Kier alpha value is -5.82. The monoisotopic (exact) mass is 638 g/mol. The highest BCUT2D eigenvalue weighted by atomic mass is 16.5. The van der Waals surface area contributed by atoms with Crippen molar-refractivity contribution in [3.05, 3.63) is 148 Å². The highest BCUT2D eigenvalue weighted by Crippen LogP contribution is 2.35. The van der Waals surface area contributed by atoms with E-state index in [1.54, 1.807) is 56.4 Å². The highest BCUT2D eigenvalue weighted by Gasteiger charge is 2.24. The quantitative estimate of drug-likeness (QED) is 0.144. The second-order valence-electron chi connectivity index (χ2n) is 12.5.